The lowest BCUT2D eigenvalue weighted by molar-refractivity contribution is -0.127. The Bertz CT molecular complexity index is 505. The number of carbonyl (C=O) groups excluding carboxylic acids is 3. The van der Waals surface area contributed by atoms with Gasteiger partial charge in [0.1, 0.15) is 0 Å². The van der Waals surface area contributed by atoms with Gasteiger partial charge in [-0.15, -0.1) is 0 Å². The monoisotopic (exact) mass is 342 g/mol. The lowest BCUT2D eigenvalue weighted by atomic mass is 10.2. The van der Waals surface area contributed by atoms with E-state index >= 15 is 0 Å². The number of carbonyl (C=O) groups is 3. The van der Waals surface area contributed by atoms with Gasteiger partial charge in [0, 0.05) is 11.0 Å². The van der Waals surface area contributed by atoms with E-state index in [4.69, 9.17) is 4.74 Å². The Labute approximate surface area is 125 Å². The molecule has 0 saturated heterocycles. The fraction of sp³-hybridized carbons (Fsp3) is 0.308. The molecule has 2 N–H and O–H groups in total. The molecule has 0 heterocycles. The van der Waals surface area contributed by atoms with Gasteiger partial charge in [0.05, 0.1) is 12.1 Å². The van der Waals surface area contributed by atoms with Gasteiger partial charge >= 0.3 is 5.97 Å². The normalized spacial score (nSPS) is 9.70. The van der Waals surface area contributed by atoms with E-state index in [1.54, 1.807) is 31.2 Å². The molecule has 0 aliphatic carbocycles. The minimum atomic E-state index is -0.598. The minimum absolute atomic E-state index is 0.138. The molecule has 0 spiro atoms. The Morgan fingerprint density at radius 2 is 1.95 bits per heavy atom. The van der Waals surface area contributed by atoms with Crippen molar-refractivity contribution in [2.24, 2.45) is 0 Å². The van der Waals surface area contributed by atoms with Gasteiger partial charge in [-0.05, 0) is 25.1 Å². The van der Waals surface area contributed by atoms with Crippen LogP contribution in [0.25, 0.3) is 0 Å². The molecule has 2 amide bonds. The van der Waals surface area contributed by atoms with Gasteiger partial charge < -0.3 is 15.4 Å². The molecule has 1 aromatic carbocycles. The number of halogens is 1. The Hall–Kier alpha value is -1.89. The van der Waals surface area contributed by atoms with Gasteiger partial charge in [0.2, 0.25) is 5.91 Å². The van der Waals surface area contributed by atoms with E-state index in [-0.39, 0.29) is 12.5 Å². The molecule has 1 aromatic rings. The van der Waals surface area contributed by atoms with Crippen molar-refractivity contribution in [1.82, 2.24) is 10.6 Å². The van der Waals surface area contributed by atoms with Crippen LogP contribution in [0.4, 0.5) is 0 Å². The molecule has 7 heteroatoms. The van der Waals surface area contributed by atoms with Gasteiger partial charge in [-0.1, -0.05) is 22.0 Å². The smallest absolute Gasteiger partial charge is 0.338 e. The molecule has 0 aliphatic rings. The fourth-order valence-electron chi connectivity index (χ4n) is 1.32. The van der Waals surface area contributed by atoms with Crippen molar-refractivity contribution in [2.75, 3.05) is 19.7 Å². The van der Waals surface area contributed by atoms with Crippen molar-refractivity contribution < 1.29 is 19.1 Å². The molecule has 0 unspecified atom stereocenters. The number of ether oxygens (including phenoxy) is 1. The van der Waals surface area contributed by atoms with Crippen molar-refractivity contribution in [2.45, 2.75) is 6.92 Å². The van der Waals surface area contributed by atoms with Crippen LogP contribution in [0.1, 0.15) is 17.3 Å². The zero-order chi connectivity index (χ0) is 15.0. The number of amides is 2. The van der Waals surface area contributed by atoms with Crippen molar-refractivity contribution in [3.05, 3.63) is 34.3 Å². The summed E-state index contributed by atoms with van der Waals surface area (Å²) in [6, 6.07) is 6.64. The van der Waals surface area contributed by atoms with E-state index in [0.717, 1.165) is 4.47 Å². The van der Waals surface area contributed by atoms with Crippen LogP contribution in [-0.2, 0) is 14.3 Å². The lowest BCUT2D eigenvalue weighted by Crippen LogP contribution is -2.38. The van der Waals surface area contributed by atoms with Gasteiger partial charge in [-0.3, -0.25) is 9.59 Å². The van der Waals surface area contributed by atoms with E-state index in [1.165, 1.54) is 0 Å². The van der Waals surface area contributed by atoms with E-state index in [1.807, 2.05) is 0 Å². The molecule has 1 rings (SSSR count). The highest BCUT2D eigenvalue weighted by atomic mass is 79.9. The SMILES string of the molecule is CCNC(=O)CNC(=O)COC(=O)c1cccc(Br)c1. The number of hydrogen-bond donors (Lipinski definition) is 2. The average Bonchev–Trinajstić information content (AvgIpc) is 2.43. The van der Waals surface area contributed by atoms with Crippen molar-refractivity contribution >= 4 is 33.7 Å². The predicted molar refractivity (Wildman–Crippen MR) is 76.1 cm³/mol. The highest BCUT2D eigenvalue weighted by Gasteiger charge is 2.11. The van der Waals surface area contributed by atoms with Crippen LogP contribution in [-0.4, -0.2) is 37.5 Å². The molecule has 0 fully saturated rings. The molecule has 0 aliphatic heterocycles. The summed E-state index contributed by atoms with van der Waals surface area (Å²) in [5.41, 5.74) is 0.343. The van der Waals surface area contributed by atoms with Crippen molar-refractivity contribution in [1.29, 1.82) is 0 Å². The number of rotatable bonds is 6. The molecular weight excluding hydrogens is 328 g/mol. The molecule has 0 radical (unpaired) electrons. The highest BCUT2D eigenvalue weighted by Crippen LogP contribution is 2.12. The summed E-state index contributed by atoms with van der Waals surface area (Å²) in [5.74, 6) is -1.42. The van der Waals surface area contributed by atoms with Crippen LogP contribution in [0.3, 0.4) is 0 Å². The van der Waals surface area contributed by atoms with Gasteiger partial charge in [-0.2, -0.15) is 0 Å². The van der Waals surface area contributed by atoms with Gasteiger partial charge in [-0.25, -0.2) is 4.79 Å². The summed E-state index contributed by atoms with van der Waals surface area (Å²) in [4.78, 5) is 34.1. The first kappa shape index (κ1) is 16.2. The first-order chi connectivity index (χ1) is 9.52. The lowest BCUT2D eigenvalue weighted by Gasteiger charge is -2.06. The van der Waals surface area contributed by atoms with Crippen LogP contribution in [0.15, 0.2) is 28.7 Å². The molecule has 0 aromatic heterocycles. The molecule has 0 saturated carbocycles. The molecule has 20 heavy (non-hydrogen) atoms. The number of benzene rings is 1. The van der Waals surface area contributed by atoms with Crippen LogP contribution in [0, 0.1) is 0 Å². The van der Waals surface area contributed by atoms with Crippen LogP contribution >= 0.6 is 15.9 Å². The number of nitrogens with one attached hydrogen (secondary N) is 2. The Kier molecular flexibility index (Phi) is 6.72. The second-order valence-corrected chi connectivity index (χ2v) is 4.73. The Morgan fingerprint density at radius 3 is 2.60 bits per heavy atom. The molecular formula is C13H15BrN2O4. The number of hydrogen-bond acceptors (Lipinski definition) is 4. The van der Waals surface area contributed by atoms with E-state index < -0.39 is 18.5 Å². The van der Waals surface area contributed by atoms with Gasteiger partial charge in [0.25, 0.3) is 5.91 Å². The molecule has 6 nitrogen and oxygen atoms in total. The largest absolute Gasteiger partial charge is 0.452 e. The molecule has 0 atom stereocenters. The third-order valence-corrected chi connectivity index (χ3v) is 2.71. The van der Waals surface area contributed by atoms with Crippen LogP contribution in [0.2, 0.25) is 0 Å². The average molecular weight is 343 g/mol. The summed E-state index contributed by atoms with van der Waals surface area (Å²) >= 11 is 3.23. The molecule has 0 bridgehead atoms. The summed E-state index contributed by atoms with van der Waals surface area (Å²) in [6.07, 6.45) is 0. The fourth-order valence-corrected chi connectivity index (χ4v) is 1.72. The van der Waals surface area contributed by atoms with Gasteiger partial charge in [0.15, 0.2) is 6.61 Å². The summed E-state index contributed by atoms with van der Waals surface area (Å²) < 4.78 is 5.58. The Morgan fingerprint density at radius 1 is 1.20 bits per heavy atom. The first-order valence-electron chi connectivity index (χ1n) is 5.99. The standard InChI is InChI=1S/C13H15BrN2O4/c1-2-15-11(17)7-16-12(18)8-20-13(19)9-4-3-5-10(14)6-9/h3-6H,2,7-8H2,1H3,(H,15,17)(H,16,18). The van der Waals surface area contributed by atoms with Crippen LogP contribution in [0.5, 0.6) is 0 Å². The summed E-state index contributed by atoms with van der Waals surface area (Å²) in [5, 5.41) is 4.88. The Balaban J connectivity index is 2.34. The quantitative estimate of drug-likeness (QED) is 0.751. The zero-order valence-corrected chi connectivity index (χ0v) is 12.5. The number of esters is 1. The maximum Gasteiger partial charge on any atom is 0.338 e. The first-order valence-corrected chi connectivity index (χ1v) is 6.78. The molecule has 108 valence electrons. The second kappa shape index (κ2) is 8.31. The van der Waals surface area contributed by atoms with Crippen LogP contribution < -0.4 is 10.6 Å². The van der Waals surface area contributed by atoms with Crippen molar-refractivity contribution in [3.8, 4) is 0 Å². The number of likely N-dealkylation sites (N-methyl/N-ethyl adjacent to an activating group) is 1. The maximum atomic E-state index is 11.6. The maximum absolute atomic E-state index is 11.6. The third-order valence-electron chi connectivity index (χ3n) is 2.21. The summed E-state index contributed by atoms with van der Waals surface area (Å²) in [7, 11) is 0. The third kappa shape index (κ3) is 5.83. The minimum Gasteiger partial charge on any atom is -0.452 e. The van der Waals surface area contributed by atoms with E-state index in [2.05, 4.69) is 26.6 Å². The summed E-state index contributed by atoms with van der Waals surface area (Å²) in [6.45, 7) is 1.71. The zero-order valence-electron chi connectivity index (χ0n) is 10.9. The second-order valence-electron chi connectivity index (χ2n) is 3.82. The van der Waals surface area contributed by atoms with Crippen molar-refractivity contribution in [3.63, 3.8) is 0 Å². The predicted octanol–water partition coefficient (Wildman–Crippen LogP) is 0.858. The van der Waals surface area contributed by atoms with E-state index in [9.17, 15) is 14.4 Å². The highest BCUT2D eigenvalue weighted by molar-refractivity contribution is 9.10. The topological polar surface area (TPSA) is 84.5 Å². The van der Waals surface area contributed by atoms with E-state index in [0.29, 0.717) is 12.1 Å².